The van der Waals surface area contributed by atoms with Crippen molar-refractivity contribution in [1.29, 1.82) is 0 Å². The second-order valence-corrected chi connectivity index (χ2v) is 4.77. The van der Waals surface area contributed by atoms with Gasteiger partial charge in [-0.25, -0.2) is 9.18 Å². The van der Waals surface area contributed by atoms with Crippen LogP contribution >= 0.6 is 0 Å². The zero-order valence-corrected chi connectivity index (χ0v) is 10.2. The number of aliphatic hydroxyl groups is 1. The molecule has 5 heteroatoms. The molecule has 1 aromatic carbocycles. The summed E-state index contributed by atoms with van der Waals surface area (Å²) in [6.45, 7) is 2.24. The van der Waals surface area contributed by atoms with Crippen LogP contribution in [0.2, 0.25) is 0 Å². The maximum Gasteiger partial charge on any atom is 0.407 e. The van der Waals surface area contributed by atoms with Gasteiger partial charge in [-0.05, 0) is 37.0 Å². The number of nitrogens with zero attached hydrogens (tertiary/aromatic N) is 1. The van der Waals surface area contributed by atoms with E-state index in [0.717, 1.165) is 0 Å². The molecule has 0 unspecified atom stereocenters. The van der Waals surface area contributed by atoms with Crippen LogP contribution < -0.4 is 0 Å². The third kappa shape index (κ3) is 2.31. The molecule has 2 rings (SSSR count). The van der Waals surface area contributed by atoms with Crippen molar-refractivity contribution in [3.8, 4) is 0 Å². The van der Waals surface area contributed by atoms with Crippen molar-refractivity contribution >= 4 is 6.09 Å². The van der Waals surface area contributed by atoms with Gasteiger partial charge in [0.1, 0.15) is 5.82 Å². The van der Waals surface area contributed by atoms with Crippen molar-refractivity contribution in [3.63, 3.8) is 0 Å². The van der Waals surface area contributed by atoms with Crippen LogP contribution in [0.4, 0.5) is 9.18 Å². The minimum Gasteiger partial charge on any atom is -0.465 e. The number of carbonyl (C=O) groups is 1. The summed E-state index contributed by atoms with van der Waals surface area (Å²) in [5, 5.41) is 19.4. The van der Waals surface area contributed by atoms with E-state index in [1.54, 1.807) is 19.1 Å². The highest BCUT2D eigenvalue weighted by Gasteiger charge is 2.35. The number of benzene rings is 1. The van der Waals surface area contributed by atoms with E-state index in [1.807, 2.05) is 0 Å². The largest absolute Gasteiger partial charge is 0.465 e. The molecule has 1 aliphatic heterocycles. The van der Waals surface area contributed by atoms with E-state index in [9.17, 15) is 14.3 Å². The molecule has 1 heterocycles. The lowest BCUT2D eigenvalue weighted by atomic mass is 9.84. The highest BCUT2D eigenvalue weighted by Crippen LogP contribution is 2.33. The van der Waals surface area contributed by atoms with Crippen LogP contribution in [0.15, 0.2) is 18.2 Å². The molecule has 0 spiro atoms. The fourth-order valence-corrected chi connectivity index (χ4v) is 2.29. The van der Waals surface area contributed by atoms with E-state index in [-0.39, 0.29) is 5.82 Å². The lowest BCUT2D eigenvalue weighted by Crippen LogP contribution is -2.44. The number of rotatable bonds is 1. The quantitative estimate of drug-likeness (QED) is 0.805. The number of hydrogen-bond acceptors (Lipinski definition) is 2. The van der Waals surface area contributed by atoms with Gasteiger partial charge in [-0.1, -0.05) is 12.1 Å². The molecule has 18 heavy (non-hydrogen) atoms. The van der Waals surface area contributed by atoms with Gasteiger partial charge in [0.2, 0.25) is 0 Å². The molecule has 2 N–H and O–H groups in total. The molecule has 0 atom stereocenters. The zero-order chi connectivity index (χ0) is 13.3. The first-order valence-electron chi connectivity index (χ1n) is 5.89. The summed E-state index contributed by atoms with van der Waals surface area (Å²) in [5.41, 5.74) is 0.0951. The number of carboxylic acid groups (broad SMARTS) is 1. The Morgan fingerprint density at radius 1 is 1.39 bits per heavy atom. The minimum atomic E-state index is -1.05. The van der Waals surface area contributed by atoms with Crippen LogP contribution in [-0.4, -0.2) is 34.3 Å². The molecule has 98 valence electrons. The molecule has 1 fully saturated rings. The Balaban J connectivity index is 2.18. The predicted octanol–water partition coefficient (Wildman–Crippen LogP) is 2.10. The third-order valence-electron chi connectivity index (χ3n) is 3.56. The van der Waals surface area contributed by atoms with Crippen molar-refractivity contribution in [2.24, 2.45) is 0 Å². The fraction of sp³-hybridized carbons (Fsp3) is 0.462. The molecule has 0 saturated carbocycles. The number of piperidine rings is 1. The highest BCUT2D eigenvalue weighted by molar-refractivity contribution is 5.65. The summed E-state index contributed by atoms with van der Waals surface area (Å²) in [4.78, 5) is 12.1. The lowest BCUT2D eigenvalue weighted by Gasteiger charge is -2.37. The van der Waals surface area contributed by atoms with Crippen LogP contribution in [0, 0.1) is 12.7 Å². The Morgan fingerprint density at radius 2 is 2.00 bits per heavy atom. The summed E-state index contributed by atoms with van der Waals surface area (Å²) in [5.74, 6) is -0.301. The Morgan fingerprint density at radius 3 is 2.50 bits per heavy atom. The fourth-order valence-electron chi connectivity index (χ4n) is 2.29. The summed E-state index contributed by atoms with van der Waals surface area (Å²) < 4.78 is 13.2. The molecule has 0 bridgehead atoms. The molecule has 0 aromatic heterocycles. The molecule has 0 radical (unpaired) electrons. The molecule has 1 amide bonds. The number of aryl methyl sites for hydroxylation is 1. The maximum atomic E-state index is 13.2. The molecule has 1 aliphatic rings. The van der Waals surface area contributed by atoms with E-state index >= 15 is 0 Å². The second kappa shape index (κ2) is 4.57. The molecular formula is C13H16FNO3. The van der Waals surface area contributed by atoms with Crippen molar-refractivity contribution in [3.05, 3.63) is 35.1 Å². The minimum absolute atomic E-state index is 0.294. The van der Waals surface area contributed by atoms with Crippen molar-refractivity contribution in [2.75, 3.05) is 13.1 Å². The Labute approximate surface area is 105 Å². The lowest BCUT2D eigenvalue weighted by molar-refractivity contribution is -0.0214. The first kappa shape index (κ1) is 12.8. The summed E-state index contributed by atoms with van der Waals surface area (Å²) in [7, 11) is 0. The summed E-state index contributed by atoms with van der Waals surface area (Å²) in [6.07, 6.45) is -0.290. The number of hydrogen-bond donors (Lipinski definition) is 2. The second-order valence-electron chi connectivity index (χ2n) is 4.77. The highest BCUT2D eigenvalue weighted by atomic mass is 19.1. The van der Waals surface area contributed by atoms with Gasteiger partial charge in [0.25, 0.3) is 0 Å². The van der Waals surface area contributed by atoms with Crippen molar-refractivity contribution < 1.29 is 19.4 Å². The van der Waals surface area contributed by atoms with Crippen LogP contribution in [0.5, 0.6) is 0 Å². The Hall–Kier alpha value is -1.62. The topological polar surface area (TPSA) is 60.8 Å². The number of amides is 1. The average molecular weight is 253 g/mol. The Bertz CT molecular complexity index is 467. The van der Waals surface area contributed by atoms with Gasteiger partial charge >= 0.3 is 6.09 Å². The van der Waals surface area contributed by atoms with Gasteiger partial charge in [0.15, 0.2) is 0 Å². The first-order chi connectivity index (χ1) is 8.42. The van der Waals surface area contributed by atoms with Gasteiger partial charge in [-0.2, -0.15) is 0 Å². The maximum absolute atomic E-state index is 13.2. The van der Waals surface area contributed by atoms with E-state index in [2.05, 4.69) is 0 Å². The van der Waals surface area contributed by atoms with Gasteiger partial charge in [0.05, 0.1) is 5.60 Å². The number of likely N-dealkylation sites (tertiary alicyclic amines) is 1. The smallest absolute Gasteiger partial charge is 0.407 e. The number of halogens is 1. The Kier molecular flexibility index (Phi) is 3.26. The molecule has 4 nitrogen and oxygen atoms in total. The average Bonchev–Trinajstić information content (AvgIpc) is 2.33. The van der Waals surface area contributed by atoms with Gasteiger partial charge in [-0.15, -0.1) is 0 Å². The van der Waals surface area contributed by atoms with E-state index in [1.165, 1.54) is 11.0 Å². The standard InChI is InChI=1S/C13H16FNO3/c1-9-8-10(2-3-11(9)14)13(18)4-6-15(7-5-13)12(16)17/h2-3,8,18H,4-7H2,1H3,(H,16,17). The van der Waals surface area contributed by atoms with E-state index in [0.29, 0.717) is 37.1 Å². The summed E-state index contributed by atoms with van der Waals surface area (Å²) in [6, 6.07) is 4.54. The van der Waals surface area contributed by atoms with Crippen LogP contribution in [0.1, 0.15) is 24.0 Å². The predicted molar refractivity (Wildman–Crippen MR) is 63.9 cm³/mol. The van der Waals surface area contributed by atoms with Crippen molar-refractivity contribution in [1.82, 2.24) is 4.90 Å². The van der Waals surface area contributed by atoms with E-state index in [4.69, 9.17) is 5.11 Å². The van der Waals surface area contributed by atoms with Gasteiger partial charge < -0.3 is 15.1 Å². The SMILES string of the molecule is Cc1cc(C2(O)CCN(C(=O)O)CC2)ccc1F. The van der Waals surface area contributed by atoms with Crippen LogP contribution in [0.25, 0.3) is 0 Å². The molecule has 1 saturated heterocycles. The molecule has 0 aliphatic carbocycles. The van der Waals surface area contributed by atoms with E-state index < -0.39 is 11.7 Å². The first-order valence-corrected chi connectivity index (χ1v) is 5.89. The van der Waals surface area contributed by atoms with Crippen LogP contribution in [-0.2, 0) is 5.60 Å². The zero-order valence-electron chi connectivity index (χ0n) is 10.2. The van der Waals surface area contributed by atoms with Crippen LogP contribution in [0.3, 0.4) is 0 Å². The van der Waals surface area contributed by atoms with Gasteiger partial charge in [-0.3, -0.25) is 0 Å². The summed E-state index contributed by atoms with van der Waals surface area (Å²) >= 11 is 0. The molecular weight excluding hydrogens is 237 g/mol. The van der Waals surface area contributed by atoms with Gasteiger partial charge in [0, 0.05) is 13.1 Å². The van der Waals surface area contributed by atoms with Crippen molar-refractivity contribution in [2.45, 2.75) is 25.4 Å². The third-order valence-corrected chi connectivity index (χ3v) is 3.56. The molecule has 1 aromatic rings. The monoisotopic (exact) mass is 253 g/mol. The normalized spacial score (nSPS) is 18.7.